The van der Waals surface area contributed by atoms with Crippen LogP contribution in [0.25, 0.3) is 0 Å². The van der Waals surface area contributed by atoms with Crippen LogP contribution in [-0.2, 0) is 10.5 Å². The van der Waals surface area contributed by atoms with Gasteiger partial charge in [0.25, 0.3) is 5.91 Å². The summed E-state index contributed by atoms with van der Waals surface area (Å²) >= 11 is 8.02. The summed E-state index contributed by atoms with van der Waals surface area (Å²) in [5, 5.41) is 2.89. The van der Waals surface area contributed by atoms with Gasteiger partial charge in [-0.25, -0.2) is 4.79 Å². The quantitative estimate of drug-likeness (QED) is 0.593. The van der Waals surface area contributed by atoms with Gasteiger partial charge in [-0.2, -0.15) is 0 Å². The molecule has 1 aliphatic heterocycles. The van der Waals surface area contributed by atoms with Crippen molar-refractivity contribution < 1.29 is 14.3 Å². The number of thiocarbonyl (C=S) groups is 1. The molecular formula is C15H21N3O3S3. The van der Waals surface area contributed by atoms with Crippen LogP contribution < -0.4 is 11.1 Å². The minimum atomic E-state index is -0.496. The Labute approximate surface area is 155 Å². The number of ether oxygens (including phenoxy) is 1. The molecule has 2 heterocycles. The Bertz CT molecular complexity index is 639. The maximum absolute atomic E-state index is 12.2. The summed E-state index contributed by atoms with van der Waals surface area (Å²) in [5.41, 5.74) is 6.87. The van der Waals surface area contributed by atoms with Crippen molar-refractivity contribution in [3.8, 4) is 0 Å². The second-order valence-corrected chi connectivity index (χ2v) is 7.86. The molecule has 9 heteroatoms. The van der Waals surface area contributed by atoms with Gasteiger partial charge in [0.05, 0.1) is 17.0 Å². The second kappa shape index (κ2) is 8.68. The summed E-state index contributed by atoms with van der Waals surface area (Å²) in [7, 11) is 1.55. The molecule has 1 saturated heterocycles. The van der Waals surface area contributed by atoms with Crippen LogP contribution in [0.5, 0.6) is 0 Å². The highest BCUT2D eigenvalue weighted by molar-refractivity contribution is 8.22. The lowest BCUT2D eigenvalue weighted by Crippen LogP contribution is -2.23. The Morgan fingerprint density at radius 1 is 1.42 bits per heavy atom. The third-order valence-electron chi connectivity index (χ3n) is 3.65. The molecule has 0 aromatic carbocycles. The third kappa shape index (κ3) is 4.20. The Morgan fingerprint density at radius 2 is 2.08 bits per heavy atom. The lowest BCUT2D eigenvalue weighted by Gasteiger charge is -2.17. The van der Waals surface area contributed by atoms with Crippen LogP contribution in [0.4, 0.5) is 5.00 Å². The predicted molar refractivity (Wildman–Crippen MR) is 103 cm³/mol. The van der Waals surface area contributed by atoms with Crippen molar-refractivity contribution in [3.63, 3.8) is 0 Å². The fourth-order valence-corrected chi connectivity index (χ4v) is 4.86. The van der Waals surface area contributed by atoms with Gasteiger partial charge in [-0.3, -0.25) is 4.79 Å². The molecule has 1 aromatic rings. The number of esters is 1. The van der Waals surface area contributed by atoms with E-state index in [2.05, 4.69) is 10.2 Å². The van der Waals surface area contributed by atoms with E-state index in [9.17, 15) is 9.59 Å². The number of likely N-dealkylation sites (tertiary alicyclic amines) is 1. The van der Waals surface area contributed by atoms with Crippen LogP contribution in [0.2, 0.25) is 0 Å². The molecule has 0 spiro atoms. The number of nitrogens with two attached hydrogens (primary N) is 1. The molecule has 1 amide bonds. The van der Waals surface area contributed by atoms with Gasteiger partial charge < -0.3 is 20.7 Å². The summed E-state index contributed by atoms with van der Waals surface area (Å²) in [6.07, 6.45) is 2.29. The smallest absolute Gasteiger partial charge is 0.341 e. The molecule has 2 rings (SSSR count). The van der Waals surface area contributed by atoms with Gasteiger partial charge in [0.15, 0.2) is 0 Å². The van der Waals surface area contributed by atoms with E-state index in [0.29, 0.717) is 21.2 Å². The molecule has 132 valence electrons. The normalized spacial score (nSPS) is 13.8. The minimum absolute atomic E-state index is 0.252. The van der Waals surface area contributed by atoms with Crippen molar-refractivity contribution in [1.29, 1.82) is 0 Å². The number of thioether (sulfide) groups is 1. The maximum Gasteiger partial charge on any atom is 0.341 e. The predicted octanol–water partition coefficient (Wildman–Crippen LogP) is 2.48. The van der Waals surface area contributed by atoms with E-state index in [1.54, 1.807) is 14.0 Å². The molecule has 1 aliphatic rings. The first-order valence-electron chi connectivity index (χ1n) is 7.71. The van der Waals surface area contributed by atoms with Crippen molar-refractivity contribution in [2.24, 2.45) is 0 Å². The van der Waals surface area contributed by atoms with Crippen molar-refractivity contribution in [2.75, 3.05) is 32.5 Å². The van der Waals surface area contributed by atoms with Gasteiger partial charge in [-0.05, 0) is 19.8 Å². The Morgan fingerprint density at radius 3 is 2.67 bits per heavy atom. The number of anilines is 1. The standard InChI is InChI=1S/C15H21N3O3S3/c1-3-21-14(20)10-9(11(13(19)17-2)24-12(10)16)8-23-15(22)18-6-4-5-7-18/h3-8,16H2,1-2H3,(H,17,19). The number of nitrogens with zero attached hydrogens (tertiary/aromatic N) is 1. The molecule has 24 heavy (non-hydrogen) atoms. The van der Waals surface area contributed by atoms with E-state index in [1.165, 1.54) is 11.8 Å². The summed E-state index contributed by atoms with van der Waals surface area (Å²) in [6, 6.07) is 0. The van der Waals surface area contributed by atoms with Gasteiger partial charge in [-0.15, -0.1) is 11.3 Å². The molecule has 0 saturated carbocycles. The largest absolute Gasteiger partial charge is 0.462 e. The van der Waals surface area contributed by atoms with E-state index < -0.39 is 5.97 Å². The average molecular weight is 388 g/mol. The number of amides is 1. The molecule has 0 atom stereocenters. The van der Waals surface area contributed by atoms with Gasteiger partial charge in [0.1, 0.15) is 9.32 Å². The highest BCUT2D eigenvalue weighted by Crippen LogP contribution is 2.35. The summed E-state index contributed by atoms with van der Waals surface area (Å²) in [5.74, 6) is -0.339. The highest BCUT2D eigenvalue weighted by Gasteiger charge is 2.27. The number of hydrogen-bond donors (Lipinski definition) is 2. The Hall–Kier alpha value is -1.32. The van der Waals surface area contributed by atoms with Crippen LogP contribution in [0.1, 0.15) is 45.4 Å². The number of rotatable bonds is 5. The van der Waals surface area contributed by atoms with Crippen LogP contribution in [0.3, 0.4) is 0 Å². The van der Waals surface area contributed by atoms with Crippen molar-refractivity contribution in [2.45, 2.75) is 25.5 Å². The number of nitrogen functional groups attached to an aromatic ring is 1. The number of thiophene rings is 1. The van der Waals surface area contributed by atoms with E-state index in [0.717, 1.165) is 41.6 Å². The zero-order chi connectivity index (χ0) is 17.7. The SMILES string of the molecule is CCOC(=O)c1c(N)sc(C(=O)NC)c1CSC(=S)N1CCCC1. The lowest BCUT2D eigenvalue weighted by atomic mass is 10.1. The molecule has 1 fully saturated rings. The fraction of sp³-hybridized carbons (Fsp3) is 0.533. The molecule has 0 radical (unpaired) electrons. The van der Waals surface area contributed by atoms with Gasteiger partial charge in [0.2, 0.25) is 0 Å². The molecule has 0 aliphatic carbocycles. The molecule has 1 aromatic heterocycles. The number of nitrogens with one attached hydrogen (secondary N) is 1. The maximum atomic E-state index is 12.2. The van der Waals surface area contributed by atoms with Crippen LogP contribution >= 0.6 is 35.3 Å². The van der Waals surface area contributed by atoms with Gasteiger partial charge >= 0.3 is 5.97 Å². The summed E-state index contributed by atoms with van der Waals surface area (Å²) in [4.78, 5) is 26.9. The molecule has 6 nitrogen and oxygen atoms in total. The Kier molecular flexibility index (Phi) is 6.88. The van der Waals surface area contributed by atoms with Gasteiger partial charge in [0, 0.05) is 31.5 Å². The number of carbonyl (C=O) groups excluding carboxylic acids is 2. The lowest BCUT2D eigenvalue weighted by molar-refractivity contribution is 0.0527. The van der Waals surface area contributed by atoms with E-state index >= 15 is 0 Å². The molecule has 0 bridgehead atoms. The summed E-state index contributed by atoms with van der Waals surface area (Å²) in [6.45, 7) is 3.91. The fourth-order valence-electron chi connectivity index (χ4n) is 2.47. The van der Waals surface area contributed by atoms with Crippen molar-refractivity contribution in [1.82, 2.24) is 10.2 Å². The van der Waals surface area contributed by atoms with Gasteiger partial charge in [-0.1, -0.05) is 24.0 Å². The summed E-state index contributed by atoms with van der Waals surface area (Å²) < 4.78 is 5.87. The number of carbonyl (C=O) groups is 2. The van der Waals surface area contributed by atoms with E-state index in [4.69, 9.17) is 22.7 Å². The number of hydrogen-bond acceptors (Lipinski definition) is 7. The third-order valence-corrected chi connectivity index (χ3v) is 6.26. The van der Waals surface area contributed by atoms with Crippen LogP contribution in [-0.4, -0.2) is 47.8 Å². The van der Waals surface area contributed by atoms with E-state index in [-0.39, 0.29) is 18.1 Å². The average Bonchev–Trinajstić information content (AvgIpc) is 3.20. The molecular weight excluding hydrogens is 366 g/mol. The van der Waals surface area contributed by atoms with Crippen LogP contribution in [0.15, 0.2) is 0 Å². The first-order valence-corrected chi connectivity index (χ1v) is 9.92. The Balaban J connectivity index is 2.25. The van der Waals surface area contributed by atoms with Crippen LogP contribution in [0, 0.1) is 0 Å². The molecule has 3 N–H and O–H groups in total. The molecule has 0 unspecified atom stereocenters. The van der Waals surface area contributed by atoms with Crippen molar-refractivity contribution in [3.05, 3.63) is 16.0 Å². The minimum Gasteiger partial charge on any atom is -0.462 e. The zero-order valence-corrected chi connectivity index (χ0v) is 16.2. The van der Waals surface area contributed by atoms with E-state index in [1.807, 2.05) is 0 Å². The zero-order valence-electron chi connectivity index (χ0n) is 13.7. The second-order valence-electron chi connectivity index (χ2n) is 5.20. The topological polar surface area (TPSA) is 84.7 Å². The van der Waals surface area contributed by atoms with Crippen molar-refractivity contribution >= 4 is 56.5 Å². The monoisotopic (exact) mass is 387 g/mol. The first-order chi connectivity index (χ1) is 11.5. The first kappa shape index (κ1) is 19.0. The highest BCUT2D eigenvalue weighted by atomic mass is 32.2.